The van der Waals surface area contributed by atoms with Crippen molar-refractivity contribution in [1.82, 2.24) is 0 Å². The third-order valence-corrected chi connectivity index (χ3v) is 5.77. The number of para-hydroxylation sites is 1. The molecule has 3 rings (SSSR count). The normalized spacial score (nSPS) is 18.0. The van der Waals surface area contributed by atoms with Crippen LogP contribution in [0.15, 0.2) is 54.6 Å². The van der Waals surface area contributed by atoms with Gasteiger partial charge in [-0.15, -0.1) is 0 Å². The maximum absolute atomic E-state index is 12.7. The Morgan fingerprint density at radius 2 is 1.73 bits per heavy atom. The van der Waals surface area contributed by atoms with E-state index in [1.807, 2.05) is 36.4 Å². The number of anilines is 1. The van der Waals surface area contributed by atoms with Crippen LogP contribution in [0.5, 0.6) is 0 Å². The maximum atomic E-state index is 12.7. The summed E-state index contributed by atoms with van der Waals surface area (Å²) >= 11 is 0. The van der Waals surface area contributed by atoms with Gasteiger partial charge >= 0.3 is 0 Å². The molecule has 2 aromatic carbocycles. The van der Waals surface area contributed by atoms with Crippen LogP contribution in [0.3, 0.4) is 0 Å². The maximum Gasteiger partial charge on any atom is 0.235 e. The third kappa shape index (κ3) is 3.00. The van der Waals surface area contributed by atoms with Crippen molar-refractivity contribution in [3.05, 3.63) is 65.7 Å². The summed E-state index contributed by atoms with van der Waals surface area (Å²) in [5.74, 6) is 0.0709. The van der Waals surface area contributed by atoms with Gasteiger partial charge in [0, 0.05) is 12.1 Å². The van der Waals surface area contributed by atoms with Gasteiger partial charge in [0.2, 0.25) is 10.0 Å². The Morgan fingerprint density at radius 3 is 2.50 bits per heavy atom. The summed E-state index contributed by atoms with van der Waals surface area (Å²) in [7, 11) is -3.40. The molecule has 1 unspecified atom stereocenters. The molecule has 116 valence electrons. The van der Waals surface area contributed by atoms with Crippen molar-refractivity contribution in [3.8, 4) is 0 Å². The molecule has 2 aromatic rings. The van der Waals surface area contributed by atoms with Gasteiger partial charge in [0.1, 0.15) is 0 Å². The topological polar surface area (TPSA) is 57.6 Å². The Morgan fingerprint density at radius 1 is 1.05 bits per heavy atom. The van der Waals surface area contributed by atoms with Crippen LogP contribution in [0.1, 0.15) is 23.7 Å². The molecule has 0 saturated carbocycles. The first-order valence-corrected chi connectivity index (χ1v) is 9.00. The van der Waals surface area contributed by atoms with E-state index in [2.05, 4.69) is 0 Å². The van der Waals surface area contributed by atoms with Gasteiger partial charge in [0.05, 0.1) is 17.5 Å². The van der Waals surface area contributed by atoms with E-state index in [-0.39, 0.29) is 5.75 Å². The van der Waals surface area contributed by atoms with Crippen LogP contribution in [0, 0.1) is 0 Å². The Hall–Kier alpha value is -1.85. The van der Waals surface area contributed by atoms with Gasteiger partial charge in [-0.25, -0.2) is 8.42 Å². The second-order valence-electron chi connectivity index (χ2n) is 5.49. The van der Waals surface area contributed by atoms with Crippen LogP contribution < -0.4 is 4.31 Å². The zero-order valence-electron chi connectivity index (χ0n) is 12.2. The lowest BCUT2D eigenvalue weighted by Crippen LogP contribution is -2.38. The van der Waals surface area contributed by atoms with Crippen molar-refractivity contribution >= 4 is 15.7 Å². The van der Waals surface area contributed by atoms with E-state index in [0.29, 0.717) is 30.6 Å². The van der Waals surface area contributed by atoms with E-state index in [1.165, 1.54) is 4.31 Å². The quantitative estimate of drug-likeness (QED) is 0.942. The molecule has 0 fully saturated rings. The molecule has 5 heteroatoms. The Kier molecular flexibility index (Phi) is 4.18. The van der Waals surface area contributed by atoms with Gasteiger partial charge in [-0.1, -0.05) is 48.5 Å². The minimum Gasteiger partial charge on any atom is -0.388 e. The first-order valence-electron chi connectivity index (χ1n) is 7.39. The highest BCUT2D eigenvalue weighted by atomic mass is 32.2. The summed E-state index contributed by atoms with van der Waals surface area (Å²) in [5.41, 5.74) is 2.31. The molecule has 1 N–H and O–H groups in total. The van der Waals surface area contributed by atoms with Gasteiger partial charge in [0.15, 0.2) is 0 Å². The number of hydrogen-bond donors (Lipinski definition) is 1. The number of fused-ring (bicyclic) bond motifs is 1. The average molecular weight is 317 g/mol. The summed E-state index contributed by atoms with van der Waals surface area (Å²) in [5, 5.41) is 10.0. The Labute approximate surface area is 131 Å². The van der Waals surface area contributed by atoms with E-state index in [4.69, 9.17) is 0 Å². The molecule has 1 heterocycles. The number of sulfonamides is 1. The van der Waals surface area contributed by atoms with Gasteiger partial charge in [-0.2, -0.15) is 0 Å². The lowest BCUT2D eigenvalue weighted by Gasteiger charge is -2.33. The van der Waals surface area contributed by atoms with Crippen molar-refractivity contribution in [2.24, 2.45) is 0 Å². The third-order valence-electron chi connectivity index (χ3n) is 4.00. The lowest BCUT2D eigenvalue weighted by atomic mass is 10.0. The van der Waals surface area contributed by atoms with E-state index in [0.717, 1.165) is 5.56 Å². The van der Waals surface area contributed by atoms with Gasteiger partial charge < -0.3 is 5.11 Å². The van der Waals surface area contributed by atoms with Gasteiger partial charge in [0.25, 0.3) is 0 Å². The molecule has 1 aliphatic rings. The van der Waals surface area contributed by atoms with Crippen LogP contribution in [-0.4, -0.2) is 25.8 Å². The van der Waals surface area contributed by atoms with E-state index >= 15 is 0 Å². The summed E-state index contributed by atoms with van der Waals surface area (Å²) in [6.45, 7) is 0.329. The molecule has 4 nitrogen and oxygen atoms in total. The molecule has 0 saturated heterocycles. The van der Waals surface area contributed by atoms with Crippen LogP contribution in [0.2, 0.25) is 0 Å². The molecule has 0 radical (unpaired) electrons. The largest absolute Gasteiger partial charge is 0.388 e. The minimum atomic E-state index is -3.40. The Balaban J connectivity index is 1.82. The van der Waals surface area contributed by atoms with E-state index in [1.54, 1.807) is 18.2 Å². The monoisotopic (exact) mass is 317 g/mol. The molecule has 0 aliphatic carbocycles. The minimum absolute atomic E-state index is 0.0709. The number of nitrogens with zero attached hydrogens (tertiary/aromatic N) is 1. The van der Waals surface area contributed by atoms with Crippen LogP contribution in [0.25, 0.3) is 0 Å². The first-order chi connectivity index (χ1) is 10.6. The summed E-state index contributed by atoms with van der Waals surface area (Å²) in [6.07, 6.45) is 0.336. The van der Waals surface area contributed by atoms with E-state index in [9.17, 15) is 13.5 Å². The molecule has 0 aromatic heterocycles. The SMILES string of the molecule is O=S(=O)(CCc1ccccc1)N1CCC(O)c2ccccc21. The molecular formula is C17H19NO3S. The molecular weight excluding hydrogens is 298 g/mol. The lowest BCUT2D eigenvalue weighted by molar-refractivity contribution is 0.166. The van der Waals surface area contributed by atoms with Crippen molar-refractivity contribution in [2.45, 2.75) is 18.9 Å². The molecule has 22 heavy (non-hydrogen) atoms. The molecule has 1 atom stereocenters. The molecule has 0 amide bonds. The zero-order valence-corrected chi connectivity index (χ0v) is 13.0. The van der Waals surface area contributed by atoms with Crippen LogP contribution >= 0.6 is 0 Å². The predicted molar refractivity (Wildman–Crippen MR) is 87.3 cm³/mol. The predicted octanol–water partition coefficient (Wildman–Crippen LogP) is 2.50. The average Bonchev–Trinajstić information content (AvgIpc) is 2.54. The second-order valence-corrected chi connectivity index (χ2v) is 7.50. The zero-order chi connectivity index (χ0) is 15.6. The van der Waals surface area contributed by atoms with Gasteiger partial charge in [-0.05, 0) is 24.5 Å². The highest BCUT2D eigenvalue weighted by molar-refractivity contribution is 7.92. The number of benzene rings is 2. The fraction of sp³-hybridized carbons (Fsp3) is 0.294. The van der Waals surface area contributed by atoms with Crippen molar-refractivity contribution in [3.63, 3.8) is 0 Å². The molecule has 1 aliphatic heterocycles. The number of aliphatic hydroxyl groups is 1. The highest BCUT2D eigenvalue weighted by Crippen LogP contribution is 2.35. The van der Waals surface area contributed by atoms with Crippen molar-refractivity contribution in [2.75, 3.05) is 16.6 Å². The van der Waals surface area contributed by atoms with Crippen molar-refractivity contribution < 1.29 is 13.5 Å². The standard InChI is InChI=1S/C17H19NO3S/c19-17-10-12-18(16-9-5-4-8-15(16)17)22(20,21)13-11-14-6-2-1-3-7-14/h1-9,17,19H,10-13H2. The smallest absolute Gasteiger partial charge is 0.235 e. The summed E-state index contributed by atoms with van der Waals surface area (Å²) in [4.78, 5) is 0. The number of hydrogen-bond acceptors (Lipinski definition) is 3. The number of aryl methyl sites for hydroxylation is 1. The highest BCUT2D eigenvalue weighted by Gasteiger charge is 2.30. The van der Waals surface area contributed by atoms with Crippen molar-refractivity contribution in [1.29, 1.82) is 0 Å². The number of aliphatic hydroxyl groups excluding tert-OH is 1. The fourth-order valence-electron chi connectivity index (χ4n) is 2.80. The summed E-state index contributed by atoms with van der Waals surface area (Å²) in [6, 6.07) is 16.8. The second kappa shape index (κ2) is 6.10. The van der Waals surface area contributed by atoms with Gasteiger partial charge in [-0.3, -0.25) is 4.31 Å². The van der Waals surface area contributed by atoms with E-state index < -0.39 is 16.1 Å². The van der Waals surface area contributed by atoms with Crippen LogP contribution in [0.4, 0.5) is 5.69 Å². The Bertz CT molecular complexity index is 744. The summed E-state index contributed by atoms with van der Waals surface area (Å²) < 4.78 is 26.8. The fourth-order valence-corrected chi connectivity index (χ4v) is 4.37. The number of rotatable bonds is 4. The molecule has 0 bridgehead atoms. The van der Waals surface area contributed by atoms with Crippen LogP contribution in [-0.2, 0) is 16.4 Å². The first kappa shape index (κ1) is 15.1. The molecule has 0 spiro atoms.